The van der Waals surface area contributed by atoms with Crippen molar-refractivity contribution in [3.8, 4) is 34.9 Å². The summed E-state index contributed by atoms with van der Waals surface area (Å²) in [5.41, 5.74) is 1.73. The molecule has 0 atom stereocenters. The van der Waals surface area contributed by atoms with Gasteiger partial charge in [-0.3, -0.25) is 4.68 Å². The van der Waals surface area contributed by atoms with E-state index in [9.17, 15) is 13.2 Å². The first-order valence-corrected chi connectivity index (χ1v) is 9.32. The van der Waals surface area contributed by atoms with E-state index >= 15 is 0 Å². The summed E-state index contributed by atoms with van der Waals surface area (Å²) in [6, 6.07) is 11.4. The zero-order chi connectivity index (χ0) is 22.7. The maximum Gasteiger partial charge on any atom is 0.417 e. The molecule has 0 amide bonds. The Labute approximate surface area is 179 Å². The third-order valence-corrected chi connectivity index (χ3v) is 4.59. The van der Waals surface area contributed by atoms with E-state index in [-0.39, 0.29) is 30.7 Å². The number of benzene rings is 1. The van der Waals surface area contributed by atoms with E-state index in [4.69, 9.17) is 14.4 Å². The molecule has 0 bridgehead atoms. The SMILES string of the molecule is Cn1ncc(-c2nnc(-c3cccc(CC#N)c3)o2)c1COc1ccc(C(F)(F)F)cn1. The first-order valence-electron chi connectivity index (χ1n) is 9.32. The second kappa shape index (κ2) is 8.50. The van der Waals surface area contributed by atoms with Crippen LogP contribution in [0, 0.1) is 11.3 Å². The lowest BCUT2D eigenvalue weighted by molar-refractivity contribution is -0.137. The first-order chi connectivity index (χ1) is 15.3. The smallest absolute Gasteiger partial charge is 0.417 e. The van der Waals surface area contributed by atoms with Crippen molar-refractivity contribution in [3.63, 3.8) is 0 Å². The van der Waals surface area contributed by atoms with Crippen molar-refractivity contribution in [2.24, 2.45) is 7.05 Å². The summed E-state index contributed by atoms with van der Waals surface area (Å²) in [7, 11) is 1.69. The van der Waals surface area contributed by atoms with Crippen LogP contribution in [-0.2, 0) is 26.3 Å². The van der Waals surface area contributed by atoms with Crippen molar-refractivity contribution in [2.75, 3.05) is 0 Å². The molecule has 0 N–H and O–H groups in total. The van der Waals surface area contributed by atoms with Gasteiger partial charge in [-0.2, -0.15) is 23.5 Å². The number of ether oxygens (including phenoxy) is 1. The molecule has 0 aliphatic heterocycles. The van der Waals surface area contributed by atoms with Crippen LogP contribution >= 0.6 is 0 Å². The van der Waals surface area contributed by atoms with E-state index < -0.39 is 11.7 Å². The maximum absolute atomic E-state index is 12.7. The highest BCUT2D eigenvalue weighted by Crippen LogP contribution is 2.30. The number of aromatic nitrogens is 5. The highest BCUT2D eigenvalue weighted by atomic mass is 19.4. The van der Waals surface area contributed by atoms with Crippen molar-refractivity contribution < 1.29 is 22.3 Å². The number of nitriles is 1. The molecule has 8 nitrogen and oxygen atoms in total. The quantitative estimate of drug-likeness (QED) is 0.443. The largest absolute Gasteiger partial charge is 0.471 e. The van der Waals surface area contributed by atoms with E-state index in [1.807, 2.05) is 6.07 Å². The van der Waals surface area contributed by atoms with Gasteiger partial charge in [0.1, 0.15) is 6.61 Å². The normalized spacial score (nSPS) is 11.3. The number of nitrogens with zero attached hydrogens (tertiary/aromatic N) is 6. The maximum atomic E-state index is 12.7. The fourth-order valence-corrected chi connectivity index (χ4v) is 2.94. The second-order valence-corrected chi connectivity index (χ2v) is 6.75. The van der Waals surface area contributed by atoms with Gasteiger partial charge in [-0.15, -0.1) is 10.2 Å². The van der Waals surface area contributed by atoms with Gasteiger partial charge in [0, 0.05) is 24.9 Å². The Bertz CT molecular complexity index is 1270. The van der Waals surface area contributed by atoms with Crippen LogP contribution in [-0.4, -0.2) is 25.0 Å². The van der Waals surface area contributed by atoms with Crippen LogP contribution in [0.4, 0.5) is 13.2 Å². The molecule has 0 unspecified atom stereocenters. The number of hydrogen-bond acceptors (Lipinski definition) is 7. The van der Waals surface area contributed by atoms with Crippen LogP contribution < -0.4 is 4.74 Å². The predicted octanol–water partition coefficient (Wildman–Crippen LogP) is 4.20. The third kappa shape index (κ3) is 4.44. The third-order valence-electron chi connectivity index (χ3n) is 4.59. The summed E-state index contributed by atoms with van der Waals surface area (Å²) in [5.74, 6) is 0.517. The molecular weight excluding hydrogens is 425 g/mol. The minimum Gasteiger partial charge on any atom is -0.471 e. The topological polar surface area (TPSA) is 103 Å². The summed E-state index contributed by atoms with van der Waals surface area (Å²) in [6.07, 6.45) is -1.96. The Morgan fingerprint density at radius 1 is 1.12 bits per heavy atom. The Morgan fingerprint density at radius 3 is 2.66 bits per heavy atom. The fourth-order valence-electron chi connectivity index (χ4n) is 2.94. The summed E-state index contributed by atoms with van der Waals surface area (Å²) >= 11 is 0. The molecule has 32 heavy (non-hydrogen) atoms. The zero-order valence-corrected chi connectivity index (χ0v) is 16.7. The van der Waals surface area contributed by atoms with Crippen LogP contribution in [0.5, 0.6) is 5.88 Å². The Hall–Kier alpha value is -4.20. The van der Waals surface area contributed by atoms with Gasteiger partial charge < -0.3 is 9.15 Å². The van der Waals surface area contributed by atoms with Gasteiger partial charge in [-0.25, -0.2) is 4.98 Å². The lowest BCUT2D eigenvalue weighted by Gasteiger charge is -2.09. The highest BCUT2D eigenvalue weighted by Gasteiger charge is 2.30. The lowest BCUT2D eigenvalue weighted by Crippen LogP contribution is -2.07. The number of pyridine rings is 1. The van der Waals surface area contributed by atoms with Gasteiger partial charge in [-0.1, -0.05) is 12.1 Å². The highest BCUT2D eigenvalue weighted by molar-refractivity contribution is 5.59. The van der Waals surface area contributed by atoms with E-state index in [2.05, 4.69) is 26.3 Å². The van der Waals surface area contributed by atoms with E-state index in [1.54, 1.807) is 25.2 Å². The van der Waals surface area contributed by atoms with Crippen molar-refractivity contribution in [1.82, 2.24) is 25.0 Å². The van der Waals surface area contributed by atoms with E-state index in [1.165, 1.54) is 10.9 Å². The average molecular weight is 440 g/mol. The van der Waals surface area contributed by atoms with Crippen LogP contribution in [0.25, 0.3) is 22.9 Å². The standard InChI is InChI=1S/C21H15F3N6O2/c1-30-17(12-31-18-6-5-15(10-26-18)21(22,23)24)16(11-27-30)20-29-28-19(32-20)14-4-2-3-13(9-14)7-8-25/h2-6,9-11H,7,12H2,1H3. The monoisotopic (exact) mass is 440 g/mol. The number of halogens is 3. The number of rotatable bonds is 6. The van der Waals surface area contributed by atoms with Crippen LogP contribution in [0.1, 0.15) is 16.8 Å². The summed E-state index contributed by atoms with van der Waals surface area (Å²) in [4.78, 5) is 3.70. The molecule has 0 radical (unpaired) electrons. The first kappa shape index (κ1) is 21.0. The molecule has 0 saturated heterocycles. The van der Waals surface area contributed by atoms with Crippen LogP contribution in [0.3, 0.4) is 0 Å². The zero-order valence-electron chi connectivity index (χ0n) is 16.7. The van der Waals surface area contributed by atoms with Crippen LogP contribution in [0.15, 0.2) is 53.2 Å². The number of alkyl halides is 3. The van der Waals surface area contributed by atoms with E-state index in [0.29, 0.717) is 23.0 Å². The fraction of sp³-hybridized carbons (Fsp3) is 0.190. The predicted molar refractivity (Wildman–Crippen MR) is 105 cm³/mol. The van der Waals surface area contributed by atoms with Gasteiger partial charge in [0.25, 0.3) is 5.89 Å². The van der Waals surface area contributed by atoms with Gasteiger partial charge in [0.15, 0.2) is 0 Å². The van der Waals surface area contributed by atoms with Gasteiger partial charge in [0.05, 0.1) is 35.5 Å². The number of aryl methyl sites for hydroxylation is 1. The molecule has 0 saturated carbocycles. The molecule has 0 fully saturated rings. The Balaban J connectivity index is 1.53. The summed E-state index contributed by atoms with van der Waals surface area (Å²) in [6.45, 7) is -0.0282. The lowest BCUT2D eigenvalue weighted by atomic mass is 10.1. The Morgan fingerprint density at radius 2 is 1.94 bits per heavy atom. The molecule has 162 valence electrons. The average Bonchev–Trinajstić information content (AvgIpc) is 3.39. The second-order valence-electron chi connectivity index (χ2n) is 6.75. The number of hydrogen-bond donors (Lipinski definition) is 0. The van der Waals surface area contributed by atoms with Crippen molar-refractivity contribution >= 4 is 0 Å². The molecule has 0 aliphatic carbocycles. The molecule has 3 aromatic heterocycles. The van der Waals surface area contributed by atoms with E-state index in [0.717, 1.165) is 17.7 Å². The molecule has 0 spiro atoms. The summed E-state index contributed by atoms with van der Waals surface area (Å²) in [5, 5.41) is 21.2. The molecule has 11 heteroatoms. The Kier molecular flexibility index (Phi) is 5.59. The molecule has 0 aliphatic rings. The minimum atomic E-state index is -4.47. The van der Waals surface area contributed by atoms with Gasteiger partial charge in [0.2, 0.25) is 11.8 Å². The van der Waals surface area contributed by atoms with Gasteiger partial charge in [-0.05, 0) is 23.8 Å². The minimum absolute atomic E-state index is 0.0282. The van der Waals surface area contributed by atoms with Gasteiger partial charge >= 0.3 is 6.18 Å². The summed E-state index contributed by atoms with van der Waals surface area (Å²) < 4.78 is 50.9. The van der Waals surface area contributed by atoms with Crippen molar-refractivity contribution in [3.05, 3.63) is 65.6 Å². The molecule has 4 rings (SSSR count). The van der Waals surface area contributed by atoms with Crippen molar-refractivity contribution in [2.45, 2.75) is 19.2 Å². The van der Waals surface area contributed by atoms with Crippen LogP contribution in [0.2, 0.25) is 0 Å². The molecular formula is C21H15F3N6O2. The molecule has 1 aromatic carbocycles. The molecule has 3 heterocycles. The van der Waals surface area contributed by atoms with Crippen molar-refractivity contribution in [1.29, 1.82) is 5.26 Å². The molecule has 4 aromatic rings.